The van der Waals surface area contributed by atoms with E-state index >= 15 is 0 Å². The lowest BCUT2D eigenvalue weighted by Crippen LogP contribution is -1.75. The maximum atomic E-state index is 5.50. The van der Waals surface area contributed by atoms with Gasteiger partial charge in [-0.25, -0.2) is 0 Å². The van der Waals surface area contributed by atoms with Gasteiger partial charge in [-0.3, -0.25) is 0 Å². The second-order valence-electron chi connectivity index (χ2n) is 3.89. The zero-order valence-corrected chi connectivity index (χ0v) is 10.1. The molecule has 1 heterocycles. The smallest absolute Gasteiger partial charge is 0.294 e. The zero-order chi connectivity index (χ0) is 12.9. The second-order valence-corrected chi connectivity index (χ2v) is 3.89. The van der Waals surface area contributed by atoms with E-state index in [9.17, 15) is 0 Å². The van der Waals surface area contributed by atoms with E-state index in [4.69, 9.17) is 4.42 Å². The SMILES string of the molecule is C(#Cc1nnc(-c2ccccc2)o1)c1ccccc1. The van der Waals surface area contributed by atoms with Crippen molar-refractivity contribution in [2.24, 2.45) is 0 Å². The molecule has 0 aliphatic carbocycles. The summed E-state index contributed by atoms with van der Waals surface area (Å²) in [5.74, 6) is 6.65. The van der Waals surface area contributed by atoms with Crippen LogP contribution in [0.2, 0.25) is 0 Å². The Morgan fingerprint density at radius 3 is 2.16 bits per heavy atom. The highest BCUT2D eigenvalue weighted by atomic mass is 16.4. The average molecular weight is 246 g/mol. The minimum Gasteiger partial charge on any atom is -0.410 e. The Hall–Kier alpha value is -2.86. The monoisotopic (exact) mass is 246 g/mol. The fourth-order valence-corrected chi connectivity index (χ4v) is 1.62. The van der Waals surface area contributed by atoms with Crippen molar-refractivity contribution < 1.29 is 4.42 Å². The fraction of sp³-hybridized carbons (Fsp3) is 0. The average Bonchev–Trinajstić information content (AvgIpc) is 2.96. The van der Waals surface area contributed by atoms with Gasteiger partial charge in [0.05, 0.1) is 0 Å². The molecule has 0 atom stereocenters. The van der Waals surface area contributed by atoms with E-state index in [1.54, 1.807) is 0 Å². The number of benzene rings is 2. The molecule has 0 amide bonds. The first-order valence-corrected chi connectivity index (χ1v) is 5.88. The predicted octanol–water partition coefficient (Wildman–Crippen LogP) is 3.14. The van der Waals surface area contributed by atoms with Gasteiger partial charge in [0.2, 0.25) is 5.89 Å². The van der Waals surface area contributed by atoms with Gasteiger partial charge in [-0.15, -0.1) is 5.10 Å². The van der Waals surface area contributed by atoms with Crippen LogP contribution in [0.15, 0.2) is 65.1 Å². The van der Waals surface area contributed by atoms with Crippen LogP contribution in [0, 0.1) is 11.8 Å². The van der Waals surface area contributed by atoms with Crippen LogP contribution in [0.25, 0.3) is 11.5 Å². The summed E-state index contributed by atoms with van der Waals surface area (Å²) in [4.78, 5) is 0. The molecule has 3 heteroatoms. The first-order chi connectivity index (χ1) is 9.42. The van der Waals surface area contributed by atoms with Crippen LogP contribution in [0.4, 0.5) is 0 Å². The fourth-order valence-electron chi connectivity index (χ4n) is 1.62. The van der Waals surface area contributed by atoms with Crippen LogP contribution in [-0.2, 0) is 0 Å². The molecule has 0 saturated heterocycles. The molecule has 90 valence electrons. The number of nitrogens with zero attached hydrogens (tertiary/aromatic N) is 2. The van der Waals surface area contributed by atoms with Gasteiger partial charge in [0.25, 0.3) is 5.89 Å². The normalized spacial score (nSPS) is 9.68. The topological polar surface area (TPSA) is 38.9 Å². The first kappa shape index (κ1) is 11.2. The summed E-state index contributed by atoms with van der Waals surface area (Å²) in [7, 11) is 0. The summed E-state index contributed by atoms with van der Waals surface area (Å²) in [6.07, 6.45) is 0. The maximum absolute atomic E-state index is 5.50. The molecule has 0 spiro atoms. The molecule has 3 aromatic rings. The van der Waals surface area contributed by atoms with Crippen molar-refractivity contribution in [1.29, 1.82) is 0 Å². The van der Waals surface area contributed by atoms with Gasteiger partial charge in [-0.05, 0) is 30.2 Å². The van der Waals surface area contributed by atoms with Crippen molar-refractivity contribution in [2.75, 3.05) is 0 Å². The third kappa shape index (κ3) is 2.70. The van der Waals surface area contributed by atoms with Gasteiger partial charge in [-0.2, -0.15) is 0 Å². The van der Waals surface area contributed by atoms with E-state index < -0.39 is 0 Å². The number of hydrogen-bond donors (Lipinski definition) is 0. The highest BCUT2D eigenvalue weighted by Gasteiger charge is 2.05. The third-order valence-corrected chi connectivity index (χ3v) is 2.53. The zero-order valence-electron chi connectivity index (χ0n) is 10.1. The molecule has 3 nitrogen and oxygen atoms in total. The Kier molecular flexibility index (Phi) is 3.07. The molecule has 3 rings (SSSR count). The van der Waals surface area contributed by atoms with Crippen molar-refractivity contribution in [3.05, 3.63) is 72.1 Å². The predicted molar refractivity (Wildman–Crippen MR) is 72.2 cm³/mol. The van der Waals surface area contributed by atoms with Gasteiger partial charge in [-0.1, -0.05) is 47.4 Å². The van der Waals surface area contributed by atoms with Crippen LogP contribution in [0.1, 0.15) is 11.5 Å². The molecule has 0 saturated carbocycles. The molecular formula is C16H10N2O. The first-order valence-electron chi connectivity index (χ1n) is 5.88. The molecule has 0 radical (unpaired) electrons. The van der Waals surface area contributed by atoms with Gasteiger partial charge >= 0.3 is 0 Å². The second kappa shape index (κ2) is 5.19. The van der Waals surface area contributed by atoms with Gasteiger partial charge in [0, 0.05) is 11.1 Å². The molecule has 0 unspecified atom stereocenters. The van der Waals surface area contributed by atoms with E-state index in [1.807, 2.05) is 60.7 Å². The molecule has 0 fully saturated rings. The number of hydrogen-bond acceptors (Lipinski definition) is 3. The Balaban J connectivity index is 1.85. The van der Waals surface area contributed by atoms with Crippen LogP contribution in [0.5, 0.6) is 0 Å². The quantitative estimate of drug-likeness (QED) is 0.619. The third-order valence-electron chi connectivity index (χ3n) is 2.53. The highest BCUT2D eigenvalue weighted by molar-refractivity contribution is 5.52. The highest BCUT2D eigenvalue weighted by Crippen LogP contribution is 2.16. The minimum absolute atomic E-state index is 0.322. The molecule has 0 aliphatic rings. The van der Waals surface area contributed by atoms with Crippen LogP contribution < -0.4 is 0 Å². The summed E-state index contributed by atoms with van der Waals surface area (Å²) in [5, 5.41) is 7.90. The largest absolute Gasteiger partial charge is 0.410 e. The lowest BCUT2D eigenvalue weighted by molar-refractivity contribution is 0.555. The van der Waals surface area contributed by atoms with E-state index in [1.165, 1.54) is 0 Å². The lowest BCUT2D eigenvalue weighted by Gasteiger charge is -1.90. The Morgan fingerprint density at radius 2 is 1.42 bits per heavy atom. The maximum Gasteiger partial charge on any atom is 0.294 e. The van der Waals surface area contributed by atoms with Crippen molar-refractivity contribution >= 4 is 0 Å². The van der Waals surface area contributed by atoms with E-state index in [0.29, 0.717) is 11.8 Å². The Labute approximate surface area is 110 Å². The molecule has 0 aliphatic heterocycles. The molecule has 1 aromatic heterocycles. The molecule has 19 heavy (non-hydrogen) atoms. The molecule has 2 aromatic carbocycles. The van der Waals surface area contributed by atoms with Gasteiger partial charge < -0.3 is 4.42 Å². The Bertz CT molecular complexity index is 721. The van der Waals surface area contributed by atoms with Crippen LogP contribution in [-0.4, -0.2) is 10.2 Å². The van der Waals surface area contributed by atoms with Crippen LogP contribution in [0.3, 0.4) is 0 Å². The van der Waals surface area contributed by atoms with Crippen LogP contribution >= 0.6 is 0 Å². The molecule has 0 bridgehead atoms. The van der Waals surface area contributed by atoms with Crippen molar-refractivity contribution in [2.45, 2.75) is 0 Å². The summed E-state index contributed by atoms with van der Waals surface area (Å²) in [6.45, 7) is 0. The number of aromatic nitrogens is 2. The van der Waals surface area contributed by atoms with Crippen molar-refractivity contribution in [3.8, 4) is 23.3 Å². The van der Waals surface area contributed by atoms with Gasteiger partial charge in [0.1, 0.15) is 0 Å². The summed E-state index contributed by atoms with van der Waals surface area (Å²) >= 11 is 0. The number of rotatable bonds is 1. The molecular weight excluding hydrogens is 236 g/mol. The standard InChI is InChI=1S/C16H10N2O/c1-3-7-13(8-4-1)11-12-15-17-18-16(19-15)14-9-5-2-6-10-14/h1-10H. The van der Waals surface area contributed by atoms with E-state index in [0.717, 1.165) is 11.1 Å². The van der Waals surface area contributed by atoms with Crippen molar-refractivity contribution in [3.63, 3.8) is 0 Å². The summed E-state index contributed by atoms with van der Waals surface area (Å²) < 4.78 is 5.50. The van der Waals surface area contributed by atoms with E-state index in [-0.39, 0.29) is 0 Å². The summed E-state index contributed by atoms with van der Waals surface area (Å²) in [6, 6.07) is 19.3. The minimum atomic E-state index is 0.322. The van der Waals surface area contributed by atoms with Gasteiger partial charge in [0.15, 0.2) is 0 Å². The Morgan fingerprint density at radius 1 is 0.737 bits per heavy atom. The lowest BCUT2D eigenvalue weighted by atomic mass is 10.2. The van der Waals surface area contributed by atoms with Crippen molar-refractivity contribution in [1.82, 2.24) is 10.2 Å². The summed E-state index contributed by atoms with van der Waals surface area (Å²) in [5.41, 5.74) is 1.81. The van der Waals surface area contributed by atoms with E-state index in [2.05, 4.69) is 22.0 Å². The molecule has 0 N–H and O–H groups in total.